The maximum Gasteiger partial charge on any atom is 0.349 e. The predicted octanol–water partition coefficient (Wildman–Crippen LogP) is 2.71. The van der Waals surface area contributed by atoms with E-state index in [0.717, 1.165) is 5.56 Å². The first-order chi connectivity index (χ1) is 12.2. The molecule has 7 heteroatoms. The topological polar surface area (TPSA) is 100 Å². The first-order valence-corrected chi connectivity index (χ1v) is 7.60. The minimum Gasteiger partial charge on any atom is -0.454 e. The number of nitrogens with two attached hydrogens (primary N) is 1. The molecule has 0 fully saturated rings. The van der Waals surface area contributed by atoms with Gasteiger partial charge in [-0.25, -0.2) is 14.8 Å². The van der Waals surface area contributed by atoms with Crippen molar-refractivity contribution in [3.63, 3.8) is 0 Å². The van der Waals surface area contributed by atoms with Crippen molar-refractivity contribution in [2.75, 3.05) is 12.5 Å². The summed E-state index contributed by atoms with van der Waals surface area (Å²) >= 11 is 0. The van der Waals surface area contributed by atoms with Crippen LogP contribution in [0.25, 0.3) is 33.3 Å². The second-order valence-electron chi connectivity index (χ2n) is 5.61. The summed E-state index contributed by atoms with van der Waals surface area (Å²) < 4.78 is 16.0. The lowest BCUT2D eigenvalue weighted by molar-refractivity contribution is 0.174. The van der Waals surface area contributed by atoms with Crippen molar-refractivity contribution in [3.05, 3.63) is 52.9 Å². The first-order valence-electron chi connectivity index (χ1n) is 7.60. The zero-order valence-electron chi connectivity index (χ0n) is 12.9. The van der Waals surface area contributed by atoms with Gasteiger partial charge in [0.15, 0.2) is 17.3 Å². The summed E-state index contributed by atoms with van der Waals surface area (Å²) in [4.78, 5) is 21.1. The van der Waals surface area contributed by atoms with Crippen LogP contribution in [0.3, 0.4) is 0 Å². The molecule has 4 aromatic rings. The second kappa shape index (κ2) is 4.94. The van der Waals surface area contributed by atoms with Gasteiger partial charge in [-0.05, 0) is 30.3 Å². The molecular formula is C18H11N3O4. The van der Waals surface area contributed by atoms with E-state index >= 15 is 0 Å². The Hall–Kier alpha value is -3.61. The third-order valence-electron chi connectivity index (χ3n) is 4.12. The number of hydrogen-bond donors (Lipinski definition) is 1. The summed E-state index contributed by atoms with van der Waals surface area (Å²) in [5.74, 6) is 1.78. The number of nitrogen functional groups attached to an aromatic ring is 1. The van der Waals surface area contributed by atoms with Gasteiger partial charge in [0.2, 0.25) is 6.79 Å². The molecule has 1 aliphatic rings. The van der Waals surface area contributed by atoms with E-state index in [-0.39, 0.29) is 18.0 Å². The molecule has 3 heterocycles. The quantitative estimate of drug-likeness (QED) is 0.422. The van der Waals surface area contributed by atoms with Crippen molar-refractivity contribution >= 4 is 27.7 Å². The lowest BCUT2D eigenvalue weighted by atomic mass is 10.1. The average Bonchev–Trinajstić information content (AvgIpc) is 3.09. The smallest absolute Gasteiger partial charge is 0.349 e. The van der Waals surface area contributed by atoms with E-state index < -0.39 is 5.63 Å². The number of benzene rings is 2. The van der Waals surface area contributed by atoms with E-state index in [0.29, 0.717) is 33.8 Å². The van der Waals surface area contributed by atoms with Crippen LogP contribution < -0.4 is 20.8 Å². The number of nitrogens with zero attached hydrogens (tertiary/aromatic N) is 2. The number of ether oxygens (including phenoxy) is 2. The van der Waals surface area contributed by atoms with Crippen molar-refractivity contribution in [2.45, 2.75) is 0 Å². The number of hydrogen-bond acceptors (Lipinski definition) is 7. The van der Waals surface area contributed by atoms with Gasteiger partial charge in [0, 0.05) is 10.9 Å². The monoisotopic (exact) mass is 333 g/mol. The van der Waals surface area contributed by atoms with Crippen LogP contribution >= 0.6 is 0 Å². The highest BCUT2D eigenvalue weighted by molar-refractivity contribution is 6.05. The van der Waals surface area contributed by atoms with Gasteiger partial charge in [-0.15, -0.1) is 0 Å². The van der Waals surface area contributed by atoms with Gasteiger partial charge in [-0.3, -0.25) is 0 Å². The molecular weight excluding hydrogens is 322 g/mol. The Morgan fingerprint density at radius 1 is 1.00 bits per heavy atom. The van der Waals surface area contributed by atoms with Gasteiger partial charge in [0.1, 0.15) is 16.8 Å². The average molecular weight is 333 g/mol. The lowest BCUT2D eigenvalue weighted by Gasteiger charge is -2.07. The van der Waals surface area contributed by atoms with Gasteiger partial charge in [-0.1, -0.05) is 12.1 Å². The van der Waals surface area contributed by atoms with Crippen LogP contribution in [0.1, 0.15) is 0 Å². The van der Waals surface area contributed by atoms with Crippen LogP contribution in [-0.4, -0.2) is 16.8 Å². The summed E-state index contributed by atoms with van der Waals surface area (Å²) in [6.07, 6.45) is 0. The van der Waals surface area contributed by atoms with Crippen molar-refractivity contribution < 1.29 is 13.9 Å². The van der Waals surface area contributed by atoms with Crippen LogP contribution in [0.15, 0.2) is 51.7 Å². The van der Waals surface area contributed by atoms with Crippen molar-refractivity contribution in [1.29, 1.82) is 0 Å². The molecule has 2 aromatic carbocycles. The van der Waals surface area contributed by atoms with Crippen LogP contribution in [0.4, 0.5) is 5.82 Å². The molecule has 7 nitrogen and oxygen atoms in total. The van der Waals surface area contributed by atoms with Crippen LogP contribution in [0.2, 0.25) is 0 Å². The molecule has 0 aliphatic carbocycles. The van der Waals surface area contributed by atoms with E-state index in [1.165, 1.54) is 0 Å². The summed E-state index contributed by atoms with van der Waals surface area (Å²) in [7, 11) is 0. The fourth-order valence-corrected chi connectivity index (χ4v) is 2.94. The first kappa shape index (κ1) is 13.8. The van der Waals surface area contributed by atoms with Crippen LogP contribution in [-0.2, 0) is 0 Å². The SMILES string of the molecule is Nc1nc(-c2ccc3c(c2)OCO3)nc2c1c(=O)oc1ccccc12. The largest absolute Gasteiger partial charge is 0.454 e. The molecule has 0 bridgehead atoms. The Morgan fingerprint density at radius 2 is 1.84 bits per heavy atom. The Balaban J connectivity index is 1.83. The molecule has 0 atom stereocenters. The van der Waals surface area contributed by atoms with E-state index in [1.54, 1.807) is 24.3 Å². The van der Waals surface area contributed by atoms with E-state index in [2.05, 4.69) is 9.97 Å². The van der Waals surface area contributed by atoms with E-state index in [9.17, 15) is 4.79 Å². The molecule has 1 aliphatic heterocycles. The second-order valence-corrected chi connectivity index (χ2v) is 5.61. The Labute approximate surface area is 140 Å². The molecule has 122 valence electrons. The van der Waals surface area contributed by atoms with Gasteiger partial charge < -0.3 is 19.6 Å². The van der Waals surface area contributed by atoms with Crippen LogP contribution in [0, 0.1) is 0 Å². The number of rotatable bonds is 1. The highest BCUT2D eigenvalue weighted by Gasteiger charge is 2.18. The lowest BCUT2D eigenvalue weighted by Crippen LogP contribution is -2.08. The molecule has 25 heavy (non-hydrogen) atoms. The number of aromatic nitrogens is 2. The normalized spacial score (nSPS) is 12.8. The van der Waals surface area contributed by atoms with Crippen molar-refractivity contribution in [3.8, 4) is 22.9 Å². The molecule has 5 rings (SSSR count). The minimum atomic E-state index is -0.552. The Kier molecular flexibility index (Phi) is 2.73. The van der Waals surface area contributed by atoms with Gasteiger partial charge in [0.25, 0.3) is 0 Å². The van der Waals surface area contributed by atoms with Crippen molar-refractivity contribution in [2.24, 2.45) is 0 Å². The number of anilines is 1. The van der Waals surface area contributed by atoms with E-state index in [4.69, 9.17) is 19.6 Å². The minimum absolute atomic E-state index is 0.0807. The van der Waals surface area contributed by atoms with Crippen LogP contribution in [0.5, 0.6) is 11.5 Å². The molecule has 0 saturated carbocycles. The van der Waals surface area contributed by atoms with Gasteiger partial charge in [-0.2, -0.15) is 0 Å². The zero-order valence-corrected chi connectivity index (χ0v) is 12.9. The molecule has 0 amide bonds. The summed E-state index contributed by atoms with van der Waals surface area (Å²) in [6.45, 7) is 0.186. The third kappa shape index (κ3) is 2.02. The summed E-state index contributed by atoms with van der Waals surface area (Å²) in [6, 6.07) is 12.6. The highest BCUT2D eigenvalue weighted by Crippen LogP contribution is 2.36. The van der Waals surface area contributed by atoms with Gasteiger partial charge in [0.05, 0.1) is 5.52 Å². The van der Waals surface area contributed by atoms with Gasteiger partial charge >= 0.3 is 5.63 Å². The fourth-order valence-electron chi connectivity index (χ4n) is 2.94. The highest BCUT2D eigenvalue weighted by atomic mass is 16.7. The molecule has 0 radical (unpaired) electrons. The summed E-state index contributed by atoms with van der Waals surface area (Å²) in [5, 5.41) is 0.886. The Morgan fingerprint density at radius 3 is 2.76 bits per heavy atom. The summed E-state index contributed by atoms with van der Waals surface area (Å²) in [5.41, 5.74) is 7.12. The predicted molar refractivity (Wildman–Crippen MR) is 91.6 cm³/mol. The fraction of sp³-hybridized carbons (Fsp3) is 0.0556. The van der Waals surface area contributed by atoms with E-state index in [1.807, 2.05) is 18.2 Å². The molecule has 0 spiro atoms. The maximum absolute atomic E-state index is 12.3. The zero-order chi connectivity index (χ0) is 17.0. The molecule has 0 saturated heterocycles. The molecule has 2 N–H and O–H groups in total. The number of fused-ring (bicyclic) bond motifs is 4. The maximum atomic E-state index is 12.3. The third-order valence-corrected chi connectivity index (χ3v) is 4.12. The number of para-hydroxylation sites is 1. The molecule has 2 aromatic heterocycles. The molecule has 0 unspecified atom stereocenters. The van der Waals surface area contributed by atoms with Crippen molar-refractivity contribution in [1.82, 2.24) is 9.97 Å². The Bertz CT molecular complexity index is 1220. The standard InChI is InChI=1S/C18H11N3O4/c19-16-14-15(10-3-1-2-4-11(10)25-18(14)22)20-17(21-16)9-5-6-12-13(7-9)24-8-23-12/h1-7H,8H2,(H2,19,20,21).